The lowest BCUT2D eigenvalue weighted by Crippen LogP contribution is -2.58. The molecule has 2 aromatic rings. The van der Waals surface area contributed by atoms with Gasteiger partial charge in [0.05, 0.1) is 29.7 Å². The Balaban J connectivity index is 1.30. The summed E-state index contributed by atoms with van der Waals surface area (Å²) in [6.45, 7) is 3.43. The summed E-state index contributed by atoms with van der Waals surface area (Å²) in [4.78, 5) is 28.9. The highest BCUT2D eigenvalue weighted by molar-refractivity contribution is 5.98. The number of rotatable bonds is 7. The molecule has 0 aromatic heterocycles. The van der Waals surface area contributed by atoms with Crippen LogP contribution in [-0.4, -0.2) is 61.6 Å². The predicted molar refractivity (Wildman–Crippen MR) is 126 cm³/mol. The highest BCUT2D eigenvalue weighted by atomic mass is 16.5. The molecule has 3 heterocycles. The summed E-state index contributed by atoms with van der Waals surface area (Å²) in [7, 11) is 0. The Hall–Kier alpha value is -2.74. The molecule has 3 aliphatic rings. The molecule has 5 rings (SSSR count). The fourth-order valence-electron chi connectivity index (χ4n) is 5.28. The summed E-state index contributed by atoms with van der Waals surface area (Å²) in [5, 5.41) is 4.76. The Morgan fingerprint density at radius 2 is 1.82 bits per heavy atom. The number of carbonyl (C=O) groups excluding carboxylic acids is 2. The van der Waals surface area contributed by atoms with Crippen molar-refractivity contribution in [2.45, 2.75) is 31.4 Å². The average Bonchev–Trinajstić information content (AvgIpc) is 3.48. The summed E-state index contributed by atoms with van der Waals surface area (Å²) >= 11 is 0. The molecule has 2 N–H and O–H groups in total. The lowest BCUT2D eigenvalue weighted by molar-refractivity contribution is -0.130. The topological polar surface area (TPSA) is 73.9 Å². The van der Waals surface area contributed by atoms with Crippen LogP contribution < -0.4 is 15.8 Å². The minimum atomic E-state index is -0.307. The van der Waals surface area contributed by atoms with E-state index in [1.807, 2.05) is 48.5 Å². The Morgan fingerprint density at radius 1 is 1.06 bits per heavy atom. The van der Waals surface area contributed by atoms with Crippen molar-refractivity contribution in [3.05, 3.63) is 66.2 Å². The zero-order chi connectivity index (χ0) is 22.6. The molecule has 7 heteroatoms. The van der Waals surface area contributed by atoms with Gasteiger partial charge in [0.15, 0.2) is 0 Å². The van der Waals surface area contributed by atoms with Gasteiger partial charge in [0.2, 0.25) is 11.8 Å². The lowest BCUT2D eigenvalue weighted by Gasteiger charge is -2.39. The van der Waals surface area contributed by atoms with Gasteiger partial charge in [-0.05, 0) is 37.0 Å². The first kappa shape index (κ1) is 22.1. The molecule has 3 aliphatic heterocycles. The second-order valence-corrected chi connectivity index (χ2v) is 9.26. The number of carbonyl (C=O) groups is 2. The SMILES string of the molecule is O=C(NCCc1ccccc1)C1CN(CC2CCCO2)CC2C(=O)N(c3ccccc3)NC12. The molecule has 0 spiro atoms. The number of amides is 2. The van der Waals surface area contributed by atoms with Crippen LogP contribution in [0, 0.1) is 11.8 Å². The van der Waals surface area contributed by atoms with E-state index in [0.717, 1.165) is 38.1 Å². The third-order valence-electron chi connectivity index (χ3n) is 6.99. The van der Waals surface area contributed by atoms with Crippen LogP contribution in [0.4, 0.5) is 5.69 Å². The van der Waals surface area contributed by atoms with Crippen LogP contribution >= 0.6 is 0 Å². The van der Waals surface area contributed by atoms with E-state index in [0.29, 0.717) is 19.6 Å². The Labute approximate surface area is 195 Å². The number of likely N-dealkylation sites (tertiary alicyclic amines) is 1. The Bertz CT molecular complexity index is 949. The number of nitrogens with zero attached hydrogens (tertiary/aromatic N) is 2. The van der Waals surface area contributed by atoms with Crippen molar-refractivity contribution in [2.24, 2.45) is 11.8 Å². The van der Waals surface area contributed by atoms with Crippen molar-refractivity contribution in [3.63, 3.8) is 0 Å². The normalized spacial score (nSPS) is 27.5. The molecule has 0 radical (unpaired) electrons. The van der Waals surface area contributed by atoms with Gasteiger partial charge in [-0.1, -0.05) is 48.5 Å². The number of anilines is 1. The highest BCUT2D eigenvalue weighted by Crippen LogP contribution is 2.32. The second kappa shape index (κ2) is 10.0. The molecule has 0 saturated carbocycles. The van der Waals surface area contributed by atoms with Crippen LogP contribution in [0.15, 0.2) is 60.7 Å². The van der Waals surface area contributed by atoms with Crippen molar-refractivity contribution in [1.29, 1.82) is 0 Å². The molecule has 2 amide bonds. The molecule has 0 bridgehead atoms. The summed E-state index contributed by atoms with van der Waals surface area (Å²) in [6, 6.07) is 19.6. The van der Waals surface area contributed by atoms with Gasteiger partial charge in [0, 0.05) is 32.8 Å². The number of hydrogen-bond donors (Lipinski definition) is 2. The van der Waals surface area contributed by atoms with Crippen LogP contribution in [0.3, 0.4) is 0 Å². The maximum absolute atomic E-state index is 13.4. The molecule has 3 fully saturated rings. The summed E-state index contributed by atoms with van der Waals surface area (Å²) in [5.41, 5.74) is 5.39. The third kappa shape index (κ3) is 4.95. The van der Waals surface area contributed by atoms with Gasteiger partial charge >= 0.3 is 0 Å². The van der Waals surface area contributed by atoms with Gasteiger partial charge in [-0.2, -0.15) is 0 Å². The first-order chi connectivity index (χ1) is 16.2. The van der Waals surface area contributed by atoms with E-state index < -0.39 is 0 Å². The van der Waals surface area contributed by atoms with Gasteiger partial charge in [-0.3, -0.25) is 14.5 Å². The predicted octanol–water partition coefficient (Wildman–Crippen LogP) is 1.99. The van der Waals surface area contributed by atoms with Gasteiger partial charge in [0.25, 0.3) is 0 Å². The molecule has 3 saturated heterocycles. The molecule has 2 aromatic carbocycles. The maximum Gasteiger partial charge on any atom is 0.247 e. The van der Waals surface area contributed by atoms with Gasteiger partial charge < -0.3 is 10.1 Å². The lowest BCUT2D eigenvalue weighted by atomic mass is 9.83. The molecule has 7 nitrogen and oxygen atoms in total. The Morgan fingerprint density at radius 3 is 2.55 bits per heavy atom. The molecule has 0 aliphatic carbocycles. The summed E-state index contributed by atoms with van der Waals surface area (Å²) < 4.78 is 5.84. The largest absolute Gasteiger partial charge is 0.377 e. The maximum atomic E-state index is 13.4. The monoisotopic (exact) mass is 448 g/mol. The average molecular weight is 449 g/mol. The number of ether oxygens (including phenoxy) is 1. The second-order valence-electron chi connectivity index (χ2n) is 9.26. The standard InChI is InChI=1S/C26H32N4O3/c31-25(27-14-13-19-8-3-1-4-9-19)22-17-29(16-21-12-7-15-33-21)18-23-24(22)28-30(26(23)32)20-10-5-2-6-11-20/h1-6,8-11,21-24,28H,7,12-18H2,(H,27,31). The van der Waals surface area contributed by atoms with Gasteiger partial charge in [0.1, 0.15) is 0 Å². The molecule has 33 heavy (non-hydrogen) atoms. The van der Waals surface area contributed by atoms with E-state index in [2.05, 4.69) is 27.8 Å². The minimum Gasteiger partial charge on any atom is -0.377 e. The van der Waals surface area contributed by atoms with Crippen molar-refractivity contribution in [2.75, 3.05) is 37.8 Å². The fraction of sp³-hybridized carbons (Fsp3) is 0.462. The molecule has 174 valence electrons. The molecular formula is C26H32N4O3. The smallest absolute Gasteiger partial charge is 0.247 e. The van der Waals surface area contributed by atoms with E-state index in [1.165, 1.54) is 5.56 Å². The zero-order valence-electron chi connectivity index (χ0n) is 18.9. The zero-order valence-corrected chi connectivity index (χ0v) is 18.9. The fourth-order valence-corrected chi connectivity index (χ4v) is 5.28. The number of fused-ring (bicyclic) bond motifs is 1. The first-order valence-electron chi connectivity index (χ1n) is 12.0. The van der Waals surface area contributed by atoms with Crippen LogP contribution in [0.1, 0.15) is 18.4 Å². The van der Waals surface area contributed by atoms with E-state index in [4.69, 9.17) is 4.74 Å². The quantitative estimate of drug-likeness (QED) is 0.678. The van der Waals surface area contributed by atoms with Crippen molar-refractivity contribution in [1.82, 2.24) is 15.6 Å². The van der Waals surface area contributed by atoms with Crippen molar-refractivity contribution in [3.8, 4) is 0 Å². The van der Waals surface area contributed by atoms with Gasteiger partial charge in [-0.15, -0.1) is 0 Å². The van der Waals surface area contributed by atoms with E-state index in [1.54, 1.807) is 5.01 Å². The molecular weight excluding hydrogens is 416 g/mol. The van der Waals surface area contributed by atoms with E-state index in [-0.39, 0.29) is 35.8 Å². The van der Waals surface area contributed by atoms with Crippen LogP contribution in [-0.2, 0) is 20.7 Å². The number of hydrazine groups is 1. The number of para-hydroxylation sites is 1. The third-order valence-corrected chi connectivity index (χ3v) is 6.99. The Kier molecular flexibility index (Phi) is 6.71. The van der Waals surface area contributed by atoms with Crippen LogP contribution in [0.5, 0.6) is 0 Å². The van der Waals surface area contributed by atoms with E-state index >= 15 is 0 Å². The minimum absolute atomic E-state index is 0.00758. The number of piperidine rings is 1. The number of hydrogen-bond acceptors (Lipinski definition) is 5. The number of benzene rings is 2. The van der Waals surface area contributed by atoms with Crippen molar-refractivity contribution >= 4 is 17.5 Å². The number of nitrogens with one attached hydrogen (secondary N) is 2. The summed E-state index contributed by atoms with van der Waals surface area (Å²) in [5.74, 6) is -0.526. The van der Waals surface area contributed by atoms with E-state index in [9.17, 15) is 9.59 Å². The highest BCUT2D eigenvalue weighted by Gasteiger charge is 2.51. The molecule has 4 unspecified atom stereocenters. The molecule has 4 atom stereocenters. The van der Waals surface area contributed by atoms with Crippen LogP contribution in [0.25, 0.3) is 0 Å². The summed E-state index contributed by atoms with van der Waals surface area (Å²) in [6.07, 6.45) is 3.10. The van der Waals surface area contributed by atoms with Gasteiger partial charge in [-0.25, -0.2) is 10.4 Å². The van der Waals surface area contributed by atoms with Crippen LogP contribution in [0.2, 0.25) is 0 Å². The van der Waals surface area contributed by atoms with Crippen molar-refractivity contribution < 1.29 is 14.3 Å². The first-order valence-corrected chi connectivity index (χ1v) is 12.0.